The van der Waals surface area contributed by atoms with Crippen LogP contribution < -0.4 is 11.2 Å². The zero-order valence-electron chi connectivity index (χ0n) is 8.45. The molecule has 0 radical (unpaired) electrons. The lowest BCUT2D eigenvalue weighted by Crippen LogP contribution is -2.31. The summed E-state index contributed by atoms with van der Waals surface area (Å²) in [5.74, 6) is 2.32. The molecule has 1 rings (SSSR count). The average Bonchev–Trinajstić information content (AvgIpc) is 2.20. The standard InChI is InChI=1S/C10H12N2O3/c1-3-5-15-6-4-12-7-8(2)9(13)11-10(12)14/h1,7H,4-6H2,2H3,(H,11,13,14). The van der Waals surface area contributed by atoms with Crippen molar-refractivity contribution in [2.75, 3.05) is 13.2 Å². The summed E-state index contributed by atoms with van der Waals surface area (Å²) in [5, 5.41) is 0. The predicted molar refractivity (Wildman–Crippen MR) is 55.7 cm³/mol. The first kappa shape index (κ1) is 11.3. The van der Waals surface area contributed by atoms with Crippen molar-refractivity contribution in [1.29, 1.82) is 0 Å². The van der Waals surface area contributed by atoms with E-state index in [-0.39, 0.29) is 12.2 Å². The number of ether oxygens (including phenoxy) is 1. The van der Waals surface area contributed by atoms with Crippen molar-refractivity contribution in [3.63, 3.8) is 0 Å². The Labute approximate surface area is 86.7 Å². The van der Waals surface area contributed by atoms with Crippen molar-refractivity contribution in [3.8, 4) is 12.3 Å². The fourth-order valence-corrected chi connectivity index (χ4v) is 1.08. The monoisotopic (exact) mass is 208 g/mol. The first-order chi connectivity index (χ1) is 7.15. The number of terminal acetylenes is 1. The smallest absolute Gasteiger partial charge is 0.328 e. The number of aryl methyl sites for hydroxylation is 1. The normalized spacial score (nSPS) is 9.87. The van der Waals surface area contributed by atoms with Gasteiger partial charge in [-0.1, -0.05) is 5.92 Å². The molecular weight excluding hydrogens is 196 g/mol. The van der Waals surface area contributed by atoms with Crippen molar-refractivity contribution in [2.45, 2.75) is 13.5 Å². The van der Waals surface area contributed by atoms with Crippen LogP contribution in [-0.2, 0) is 11.3 Å². The number of hydrogen-bond acceptors (Lipinski definition) is 3. The van der Waals surface area contributed by atoms with Gasteiger partial charge >= 0.3 is 5.69 Å². The van der Waals surface area contributed by atoms with Gasteiger partial charge in [0.2, 0.25) is 0 Å². The third-order valence-corrected chi connectivity index (χ3v) is 1.85. The molecule has 0 fully saturated rings. The molecule has 5 heteroatoms. The van der Waals surface area contributed by atoms with E-state index < -0.39 is 5.69 Å². The lowest BCUT2D eigenvalue weighted by Gasteiger charge is -2.05. The van der Waals surface area contributed by atoms with Gasteiger partial charge in [-0.05, 0) is 6.92 Å². The number of aromatic nitrogens is 2. The Morgan fingerprint density at radius 2 is 2.33 bits per heavy atom. The molecule has 0 spiro atoms. The Balaban J connectivity index is 2.71. The van der Waals surface area contributed by atoms with Crippen LogP contribution in [0.25, 0.3) is 0 Å². The van der Waals surface area contributed by atoms with Crippen LogP contribution in [0.3, 0.4) is 0 Å². The van der Waals surface area contributed by atoms with Crippen LogP contribution in [0.1, 0.15) is 5.56 Å². The maximum absolute atomic E-state index is 11.3. The van der Waals surface area contributed by atoms with E-state index in [1.165, 1.54) is 10.8 Å². The van der Waals surface area contributed by atoms with Gasteiger partial charge in [-0.3, -0.25) is 14.3 Å². The van der Waals surface area contributed by atoms with Crippen molar-refractivity contribution < 1.29 is 4.74 Å². The van der Waals surface area contributed by atoms with Gasteiger partial charge in [0.25, 0.3) is 5.56 Å². The summed E-state index contributed by atoms with van der Waals surface area (Å²) in [6.45, 7) is 2.57. The molecule has 0 unspecified atom stereocenters. The largest absolute Gasteiger partial charge is 0.367 e. The highest BCUT2D eigenvalue weighted by molar-refractivity contribution is 5.00. The minimum Gasteiger partial charge on any atom is -0.367 e. The minimum atomic E-state index is -0.435. The Kier molecular flexibility index (Phi) is 3.89. The lowest BCUT2D eigenvalue weighted by molar-refractivity contribution is 0.156. The maximum atomic E-state index is 11.3. The summed E-state index contributed by atoms with van der Waals surface area (Å²) in [6, 6.07) is 0. The molecule has 0 amide bonds. The summed E-state index contributed by atoms with van der Waals surface area (Å²) in [4.78, 5) is 24.5. The van der Waals surface area contributed by atoms with Gasteiger partial charge in [-0.15, -0.1) is 6.42 Å². The third-order valence-electron chi connectivity index (χ3n) is 1.85. The lowest BCUT2D eigenvalue weighted by atomic mass is 10.4. The predicted octanol–water partition coefficient (Wildman–Crippen LogP) is -0.505. The zero-order valence-corrected chi connectivity index (χ0v) is 8.45. The summed E-state index contributed by atoms with van der Waals surface area (Å²) < 4.78 is 6.41. The van der Waals surface area contributed by atoms with Crippen LogP contribution in [0.5, 0.6) is 0 Å². The Morgan fingerprint density at radius 3 is 3.00 bits per heavy atom. The molecule has 1 heterocycles. The van der Waals surface area contributed by atoms with Gasteiger partial charge in [-0.2, -0.15) is 0 Å². The van der Waals surface area contributed by atoms with E-state index in [0.29, 0.717) is 18.7 Å². The molecule has 0 saturated heterocycles. The highest BCUT2D eigenvalue weighted by atomic mass is 16.5. The van der Waals surface area contributed by atoms with Crippen LogP contribution >= 0.6 is 0 Å². The zero-order chi connectivity index (χ0) is 11.3. The number of aromatic amines is 1. The van der Waals surface area contributed by atoms with Crippen molar-refractivity contribution in [1.82, 2.24) is 9.55 Å². The number of nitrogens with one attached hydrogen (secondary N) is 1. The fraction of sp³-hybridized carbons (Fsp3) is 0.400. The summed E-state index contributed by atoms with van der Waals surface area (Å²) in [5.41, 5.74) is -0.303. The second-order valence-electron chi connectivity index (χ2n) is 3.02. The highest BCUT2D eigenvalue weighted by Crippen LogP contribution is 1.85. The van der Waals surface area contributed by atoms with Gasteiger partial charge in [0.1, 0.15) is 6.61 Å². The number of hydrogen-bond donors (Lipinski definition) is 1. The second kappa shape index (κ2) is 5.17. The quantitative estimate of drug-likeness (QED) is 0.535. The molecule has 0 saturated carbocycles. The van der Waals surface area contributed by atoms with E-state index in [4.69, 9.17) is 11.2 Å². The van der Waals surface area contributed by atoms with Crippen LogP contribution in [0.2, 0.25) is 0 Å². The fourth-order valence-electron chi connectivity index (χ4n) is 1.08. The van der Waals surface area contributed by atoms with Crippen molar-refractivity contribution in [2.24, 2.45) is 0 Å². The van der Waals surface area contributed by atoms with Crippen LogP contribution in [0, 0.1) is 19.3 Å². The Morgan fingerprint density at radius 1 is 1.60 bits per heavy atom. The molecule has 1 aromatic heterocycles. The molecule has 0 aliphatic rings. The topological polar surface area (TPSA) is 64.1 Å². The van der Waals surface area contributed by atoms with Gasteiger partial charge in [-0.25, -0.2) is 4.79 Å². The number of H-pyrrole nitrogens is 1. The molecule has 0 aliphatic carbocycles. The summed E-state index contributed by atoms with van der Waals surface area (Å²) in [6.07, 6.45) is 6.49. The van der Waals surface area contributed by atoms with Crippen molar-refractivity contribution in [3.05, 3.63) is 32.6 Å². The molecule has 1 aromatic rings. The SMILES string of the molecule is C#CCOCCn1cc(C)c(=O)[nH]c1=O. The number of rotatable bonds is 4. The van der Waals surface area contributed by atoms with Crippen LogP contribution in [-0.4, -0.2) is 22.8 Å². The average molecular weight is 208 g/mol. The molecule has 0 aliphatic heterocycles. The molecule has 0 atom stereocenters. The molecule has 1 N–H and O–H groups in total. The van der Waals surface area contributed by atoms with Gasteiger partial charge < -0.3 is 4.74 Å². The van der Waals surface area contributed by atoms with E-state index in [1.807, 2.05) is 0 Å². The minimum absolute atomic E-state index is 0.219. The number of nitrogens with zero attached hydrogens (tertiary/aromatic N) is 1. The van der Waals surface area contributed by atoms with E-state index >= 15 is 0 Å². The van der Waals surface area contributed by atoms with Gasteiger partial charge in [0.15, 0.2) is 0 Å². The van der Waals surface area contributed by atoms with E-state index in [2.05, 4.69) is 10.9 Å². The second-order valence-corrected chi connectivity index (χ2v) is 3.02. The van der Waals surface area contributed by atoms with Gasteiger partial charge in [0, 0.05) is 11.8 Å². The van der Waals surface area contributed by atoms with E-state index in [0.717, 1.165) is 0 Å². The summed E-state index contributed by atoms with van der Waals surface area (Å²) >= 11 is 0. The Hall–Kier alpha value is -1.80. The highest BCUT2D eigenvalue weighted by Gasteiger charge is 1.99. The molecule has 0 bridgehead atoms. The van der Waals surface area contributed by atoms with E-state index in [1.54, 1.807) is 6.92 Å². The van der Waals surface area contributed by atoms with Crippen LogP contribution in [0.15, 0.2) is 15.8 Å². The Bertz CT molecular complexity index is 479. The molecule has 15 heavy (non-hydrogen) atoms. The molecule has 0 aromatic carbocycles. The summed E-state index contributed by atoms with van der Waals surface area (Å²) in [7, 11) is 0. The maximum Gasteiger partial charge on any atom is 0.328 e. The van der Waals surface area contributed by atoms with E-state index in [9.17, 15) is 9.59 Å². The molecular formula is C10H12N2O3. The first-order valence-corrected chi connectivity index (χ1v) is 4.46. The van der Waals surface area contributed by atoms with Gasteiger partial charge in [0.05, 0.1) is 13.2 Å². The first-order valence-electron chi connectivity index (χ1n) is 4.46. The molecule has 80 valence electrons. The van der Waals surface area contributed by atoms with Crippen molar-refractivity contribution >= 4 is 0 Å². The molecule has 5 nitrogen and oxygen atoms in total. The third kappa shape index (κ3) is 3.11. The van der Waals surface area contributed by atoms with Crippen LogP contribution in [0.4, 0.5) is 0 Å².